The highest BCUT2D eigenvalue weighted by molar-refractivity contribution is 8.00. The second-order valence-corrected chi connectivity index (χ2v) is 10.1. The van der Waals surface area contributed by atoms with E-state index in [1.807, 2.05) is 52.5 Å². The van der Waals surface area contributed by atoms with Crippen LogP contribution in [0.3, 0.4) is 0 Å². The molecule has 0 radical (unpaired) electrons. The zero-order chi connectivity index (χ0) is 21.5. The van der Waals surface area contributed by atoms with Gasteiger partial charge in [-0.15, -0.1) is 11.8 Å². The number of benzene rings is 1. The molecule has 158 valence electrons. The molecule has 0 spiro atoms. The van der Waals surface area contributed by atoms with Crippen molar-refractivity contribution in [2.45, 2.75) is 69.4 Å². The van der Waals surface area contributed by atoms with Gasteiger partial charge in [0, 0.05) is 35.6 Å². The third kappa shape index (κ3) is 4.69. The minimum absolute atomic E-state index is 0.0557. The molecule has 0 saturated carbocycles. The van der Waals surface area contributed by atoms with E-state index in [9.17, 15) is 14.4 Å². The number of amides is 3. The van der Waals surface area contributed by atoms with Crippen LogP contribution in [0.25, 0.3) is 0 Å². The van der Waals surface area contributed by atoms with Gasteiger partial charge in [0.2, 0.25) is 5.91 Å². The Morgan fingerprint density at radius 2 is 1.76 bits per heavy atom. The number of hydrogen-bond donors (Lipinski definition) is 1. The summed E-state index contributed by atoms with van der Waals surface area (Å²) in [7, 11) is 0. The quantitative estimate of drug-likeness (QED) is 0.753. The second-order valence-electron chi connectivity index (χ2n) is 8.76. The molecular formula is C21H29N3O4S. The van der Waals surface area contributed by atoms with E-state index in [2.05, 4.69) is 5.32 Å². The maximum absolute atomic E-state index is 13.2. The molecule has 0 aromatic heterocycles. The fourth-order valence-corrected chi connectivity index (χ4v) is 4.62. The molecular weight excluding hydrogens is 390 g/mol. The standard InChI is InChI=1S/C21H29N3O4S/c1-12-10-23(20(27)28-21(4,5)6)11-13(2)24(12)19(26)15-7-8-17-16(9-15)22-18(25)14(3)29-17/h7-9,12-14H,10-11H2,1-6H3,(H,22,25)/t12-,13-,14-/m0/s1. The van der Waals surface area contributed by atoms with Crippen molar-refractivity contribution in [3.8, 4) is 0 Å². The Labute approximate surface area is 176 Å². The highest BCUT2D eigenvalue weighted by Gasteiger charge is 2.37. The fraction of sp³-hybridized carbons (Fsp3) is 0.571. The van der Waals surface area contributed by atoms with Gasteiger partial charge in [-0.05, 0) is 59.7 Å². The molecule has 1 aromatic carbocycles. The van der Waals surface area contributed by atoms with E-state index in [-0.39, 0.29) is 35.2 Å². The van der Waals surface area contributed by atoms with Crippen molar-refractivity contribution < 1.29 is 19.1 Å². The second kappa shape index (κ2) is 7.89. The van der Waals surface area contributed by atoms with Crippen LogP contribution in [0.5, 0.6) is 0 Å². The fourth-order valence-electron chi connectivity index (χ4n) is 3.69. The minimum Gasteiger partial charge on any atom is -0.444 e. The molecule has 2 aliphatic rings. The minimum atomic E-state index is -0.556. The van der Waals surface area contributed by atoms with Gasteiger partial charge in [-0.2, -0.15) is 0 Å². The molecule has 1 aromatic rings. The third-order valence-electron chi connectivity index (χ3n) is 4.96. The summed E-state index contributed by atoms with van der Waals surface area (Å²) in [6, 6.07) is 5.12. The summed E-state index contributed by atoms with van der Waals surface area (Å²) in [5.41, 5.74) is 0.653. The van der Waals surface area contributed by atoms with Crippen molar-refractivity contribution in [3.63, 3.8) is 0 Å². The monoisotopic (exact) mass is 419 g/mol. The van der Waals surface area contributed by atoms with Gasteiger partial charge in [0.05, 0.1) is 10.9 Å². The summed E-state index contributed by atoms with van der Waals surface area (Å²) in [4.78, 5) is 42.1. The Hall–Kier alpha value is -2.22. The molecule has 3 atom stereocenters. The first-order valence-corrected chi connectivity index (χ1v) is 10.8. The molecule has 3 amide bonds. The molecule has 0 unspecified atom stereocenters. The van der Waals surface area contributed by atoms with Crippen LogP contribution in [0.2, 0.25) is 0 Å². The Morgan fingerprint density at radius 3 is 2.34 bits per heavy atom. The Kier molecular flexibility index (Phi) is 5.85. The van der Waals surface area contributed by atoms with Crippen molar-refractivity contribution in [3.05, 3.63) is 23.8 Å². The number of carbonyl (C=O) groups excluding carboxylic acids is 3. The van der Waals surface area contributed by atoms with Gasteiger partial charge in [0.1, 0.15) is 5.60 Å². The predicted octanol–water partition coefficient (Wildman–Crippen LogP) is 3.59. The molecule has 7 nitrogen and oxygen atoms in total. The normalized spacial score (nSPS) is 24.6. The summed E-state index contributed by atoms with van der Waals surface area (Å²) < 4.78 is 5.48. The van der Waals surface area contributed by atoms with Crippen LogP contribution in [-0.2, 0) is 9.53 Å². The molecule has 2 heterocycles. The third-order valence-corrected chi connectivity index (χ3v) is 6.14. The van der Waals surface area contributed by atoms with Crippen molar-refractivity contribution in [1.82, 2.24) is 9.80 Å². The maximum Gasteiger partial charge on any atom is 0.410 e. The SMILES string of the molecule is C[C@@H]1Sc2ccc(C(=O)N3[C@@H](C)CN(C(=O)OC(C)(C)C)C[C@@H]3C)cc2NC1=O. The topological polar surface area (TPSA) is 79.0 Å². The van der Waals surface area contributed by atoms with Crippen molar-refractivity contribution in [2.75, 3.05) is 18.4 Å². The summed E-state index contributed by atoms with van der Waals surface area (Å²) in [5.74, 6) is -0.158. The number of rotatable bonds is 1. The van der Waals surface area contributed by atoms with Gasteiger partial charge in [0.25, 0.3) is 5.91 Å². The lowest BCUT2D eigenvalue weighted by molar-refractivity contribution is -0.115. The van der Waals surface area contributed by atoms with E-state index in [1.54, 1.807) is 17.0 Å². The number of anilines is 1. The first-order chi connectivity index (χ1) is 13.5. The molecule has 1 fully saturated rings. The van der Waals surface area contributed by atoms with Crippen LogP contribution in [-0.4, -0.2) is 63.7 Å². The van der Waals surface area contributed by atoms with Gasteiger partial charge < -0.3 is 19.9 Å². The van der Waals surface area contributed by atoms with Gasteiger partial charge in [-0.1, -0.05) is 0 Å². The van der Waals surface area contributed by atoms with Crippen LogP contribution in [0.4, 0.5) is 10.5 Å². The number of carbonyl (C=O) groups is 3. The molecule has 2 aliphatic heterocycles. The van der Waals surface area contributed by atoms with Crippen LogP contribution < -0.4 is 5.32 Å². The smallest absolute Gasteiger partial charge is 0.410 e. The Balaban J connectivity index is 1.74. The molecule has 0 bridgehead atoms. The van der Waals surface area contributed by atoms with E-state index >= 15 is 0 Å². The van der Waals surface area contributed by atoms with Gasteiger partial charge in [-0.25, -0.2) is 4.79 Å². The lowest BCUT2D eigenvalue weighted by atomic mass is 10.0. The number of fused-ring (bicyclic) bond motifs is 1. The predicted molar refractivity (Wildman–Crippen MR) is 113 cm³/mol. The summed E-state index contributed by atoms with van der Waals surface area (Å²) in [6.45, 7) is 12.1. The zero-order valence-corrected chi connectivity index (χ0v) is 18.6. The van der Waals surface area contributed by atoms with Gasteiger partial charge in [0.15, 0.2) is 0 Å². The van der Waals surface area contributed by atoms with Crippen molar-refractivity contribution >= 4 is 35.4 Å². The van der Waals surface area contributed by atoms with E-state index in [0.717, 1.165) is 4.90 Å². The summed E-state index contributed by atoms with van der Waals surface area (Å²) >= 11 is 1.49. The van der Waals surface area contributed by atoms with E-state index in [4.69, 9.17) is 4.74 Å². The van der Waals surface area contributed by atoms with Crippen LogP contribution >= 0.6 is 11.8 Å². The van der Waals surface area contributed by atoms with Crippen molar-refractivity contribution in [2.24, 2.45) is 0 Å². The summed E-state index contributed by atoms with van der Waals surface area (Å²) in [6.07, 6.45) is -0.356. The lowest BCUT2D eigenvalue weighted by Gasteiger charge is -2.44. The Morgan fingerprint density at radius 1 is 1.14 bits per heavy atom. The average molecular weight is 420 g/mol. The number of thioether (sulfide) groups is 1. The highest BCUT2D eigenvalue weighted by Crippen LogP contribution is 2.36. The molecule has 3 rings (SSSR count). The van der Waals surface area contributed by atoms with Crippen LogP contribution in [0, 0.1) is 0 Å². The molecule has 1 N–H and O–H groups in total. The van der Waals surface area contributed by atoms with Gasteiger partial charge >= 0.3 is 6.09 Å². The number of piperazine rings is 1. The van der Waals surface area contributed by atoms with E-state index in [0.29, 0.717) is 24.3 Å². The maximum atomic E-state index is 13.2. The number of nitrogens with zero attached hydrogens (tertiary/aromatic N) is 2. The number of ether oxygens (including phenoxy) is 1. The average Bonchev–Trinajstić information content (AvgIpc) is 2.60. The lowest BCUT2D eigenvalue weighted by Crippen LogP contribution is -2.60. The van der Waals surface area contributed by atoms with Crippen LogP contribution in [0.1, 0.15) is 51.9 Å². The largest absolute Gasteiger partial charge is 0.444 e. The van der Waals surface area contributed by atoms with Gasteiger partial charge in [-0.3, -0.25) is 9.59 Å². The molecule has 0 aliphatic carbocycles. The molecule has 29 heavy (non-hydrogen) atoms. The van der Waals surface area contributed by atoms with E-state index in [1.165, 1.54) is 11.8 Å². The first-order valence-electron chi connectivity index (χ1n) is 9.88. The van der Waals surface area contributed by atoms with Crippen molar-refractivity contribution in [1.29, 1.82) is 0 Å². The number of nitrogens with one attached hydrogen (secondary N) is 1. The Bertz CT molecular complexity index is 824. The van der Waals surface area contributed by atoms with Crippen LogP contribution in [0.15, 0.2) is 23.1 Å². The number of hydrogen-bond acceptors (Lipinski definition) is 5. The zero-order valence-electron chi connectivity index (χ0n) is 17.8. The molecule has 1 saturated heterocycles. The highest BCUT2D eigenvalue weighted by atomic mass is 32.2. The summed E-state index contributed by atoms with van der Waals surface area (Å²) in [5, 5.41) is 2.73. The first kappa shape index (κ1) is 21.5. The van der Waals surface area contributed by atoms with E-state index < -0.39 is 5.60 Å². The molecule has 8 heteroatoms.